The van der Waals surface area contributed by atoms with Crippen molar-refractivity contribution < 1.29 is 4.74 Å². The molecular weight excluding hydrogens is 245 g/mol. The van der Waals surface area contributed by atoms with Gasteiger partial charge in [-0.15, -0.1) is 0 Å². The number of hydrogen-bond acceptors (Lipinski definition) is 2. The van der Waals surface area contributed by atoms with Gasteiger partial charge in [0.15, 0.2) is 0 Å². The Bertz CT molecular complexity index is 686. The minimum atomic E-state index is 0.127. The quantitative estimate of drug-likeness (QED) is 0.500. The third kappa shape index (κ3) is 2.17. The van der Waals surface area contributed by atoms with Gasteiger partial charge in [-0.2, -0.15) is 0 Å². The van der Waals surface area contributed by atoms with Crippen LogP contribution in [0.3, 0.4) is 0 Å². The lowest BCUT2D eigenvalue weighted by Gasteiger charge is -2.25. The van der Waals surface area contributed by atoms with Crippen molar-refractivity contribution in [3.8, 4) is 11.5 Å². The van der Waals surface area contributed by atoms with Crippen LogP contribution in [-0.2, 0) is 5.41 Å². The van der Waals surface area contributed by atoms with Crippen LogP contribution >= 0.6 is 0 Å². The molecule has 0 amide bonds. The smallest absolute Gasteiger partial charge is 0.204 e. The van der Waals surface area contributed by atoms with Gasteiger partial charge in [-0.3, -0.25) is 0 Å². The van der Waals surface area contributed by atoms with Crippen molar-refractivity contribution in [2.75, 3.05) is 5.73 Å². The maximum Gasteiger partial charge on any atom is 0.204 e. The molecule has 0 unspecified atom stereocenters. The normalized spacial score (nSPS) is 13.0. The summed E-state index contributed by atoms with van der Waals surface area (Å²) in [6, 6.07) is 10.4. The molecule has 2 nitrogen and oxygen atoms in total. The highest BCUT2D eigenvalue weighted by atomic mass is 16.5. The van der Waals surface area contributed by atoms with Gasteiger partial charge in [0.1, 0.15) is 11.5 Å². The highest BCUT2D eigenvalue weighted by Gasteiger charge is 2.23. The van der Waals surface area contributed by atoms with Crippen molar-refractivity contribution in [1.29, 1.82) is 0 Å². The average molecular weight is 264 g/mol. The lowest BCUT2D eigenvalue weighted by molar-refractivity contribution is 0.486. The van der Waals surface area contributed by atoms with Crippen LogP contribution in [-0.4, -0.2) is 7.28 Å². The molecule has 0 saturated carbocycles. The van der Waals surface area contributed by atoms with Crippen LogP contribution in [0.1, 0.15) is 31.9 Å². The molecule has 2 N–H and O–H groups in total. The van der Waals surface area contributed by atoms with Gasteiger partial charge in [0.25, 0.3) is 0 Å². The standard InChI is InChI=1S/C17H19BNO/c1-10-7-13(19)16-15(8-10)20-14-6-5-11(17(2,3)4)9-12(14)18-16/h5-9H,19H2,1-4H3. The van der Waals surface area contributed by atoms with E-state index in [0.717, 1.165) is 33.7 Å². The van der Waals surface area contributed by atoms with Crippen LogP contribution < -0.4 is 21.4 Å². The Hall–Kier alpha value is -1.90. The summed E-state index contributed by atoms with van der Waals surface area (Å²) in [6.07, 6.45) is 0. The third-order valence-electron chi connectivity index (χ3n) is 3.71. The first-order valence-electron chi connectivity index (χ1n) is 6.92. The number of rotatable bonds is 0. The molecule has 2 aromatic carbocycles. The zero-order chi connectivity index (χ0) is 14.5. The van der Waals surface area contributed by atoms with E-state index in [4.69, 9.17) is 10.5 Å². The third-order valence-corrected chi connectivity index (χ3v) is 3.71. The molecular formula is C17H19BNO. The van der Waals surface area contributed by atoms with Crippen LogP contribution in [0.5, 0.6) is 11.5 Å². The molecule has 3 heteroatoms. The van der Waals surface area contributed by atoms with Crippen LogP contribution in [0.15, 0.2) is 30.3 Å². The van der Waals surface area contributed by atoms with E-state index in [1.807, 2.05) is 25.1 Å². The molecule has 3 rings (SSSR count). The number of aryl methyl sites for hydroxylation is 1. The van der Waals surface area contributed by atoms with Gasteiger partial charge in [0.05, 0.1) is 0 Å². The van der Waals surface area contributed by atoms with Gasteiger partial charge in [0, 0.05) is 5.69 Å². The molecule has 101 valence electrons. The number of benzene rings is 2. The first kappa shape index (κ1) is 13.1. The zero-order valence-electron chi connectivity index (χ0n) is 12.4. The first-order chi connectivity index (χ1) is 9.34. The van der Waals surface area contributed by atoms with Gasteiger partial charge in [-0.1, -0.05) is 32.9 Å². The molecule has 0 aromatic heterocycles. The predicted molar refractivity (Wildman–Crippen MR) is 85.8 cm³/mol. The molecule has 0 spiro atoms. The Morgan fingerprint density at radius 3 is 2.50 bits per heavy atom. The Labute approximate surface area is 121 Å². The van der Waals surface area contributed by atoms with Gasteiger partial charge in [0.2, 0.25) is 7.28 Å². The lowest BCUT2D eigenvalue weighted by atomic mass is 9.60. The van der Waals surface area contributed by atoms with E-state index in [0.29, 0.717) is 0 Å². The molecule has 0 saturated heterocycles. The number of anilines is 1. The fraction of sp³-hybridized carbons (Fsp3) is 0.294. The SMILES string of the molecule is Cc1cc(N)c2c(c1)Oc1ccc(C(C)(C)C)cc1[B]2. The minimum absolute atomic E-state index is 0.127. The van der Waals surface area contributed by atoms with E-state index >= 15 is 0 Å². The maximum absolute atomic E-state index is 6.11. The minimum Gasteiger partial charge on any atom is -0.458 e. The summed E-state index contributed by atoms with van der Waals surface area (Å²) < 4.78 is 6.00. The average Bonchev–Trinajstić information content (AvgIpc) is 2.35. The van der Waals surface area contributed by atoms with Crippen LogP contribution in [0.4, 0.5) is 5.69 Å². The topological polar surface area (TPSA) is 35.2 Å². The number of nitrogen functional groups attached to an aromatic ring is 1. The number of nitrogens with two attached hydrogens (primary N) is 1. The fourth-order valence-electron chi connectivity index (χ4n) is 2.53. The van der Waals surface area contributed by atoms with Gasteiger partial charge in [-0.05, 0) is 52.6 Å². The molecule has 1 radical (unpaired) electrons. The molecule has 20 heavy (non-hydrogen) atoms. The monoisotopic (exact) mass is 264 g/mol. The highest BCUT2D eigenvalue weighted by molar-refractivity contribution is 6.71. The summed E-state index contributed by atoms with van der Waals surface area (Å²) in [5, 5.41) is 0. The van der Waals surface area contributed by atoms with Crippen molar-refractivity contribution in [2.24, 2.45) is 0 Å². The second-order valence-electron chi connectivity index (χ2n) is 6.51. The summed E-state index contributed by atoms with van der Waals surface area (Å²) in [7, 11) is 2.12. The molecule has 0 atom stereocenters. The lowest BCUT2D eigenvalue weighted by Crippen LogP contribution is -2.36. The predicted octanol–water partition coefficient (Wildman–Crippen LogP) is 2.64. The first-order valence-corrected chi connectivity index (χ1v) is 6.92. The van der Waals surface area contributed by atoms with E-state index in [-0.39, 0.29) is 5.41 Å². The summed E-state index contributed by atoms with van der Waals surface area (Å²) in [4.78, 5) is 0. The maximum atomic E-state index is 6.11. The summed E-state index contributed by atoms with van der Waals surface area (Å²) in [6.45, 7) is 8.66. The summed E-state index contributed by atoms with van der Waals surface area (Å²) in [5.74, 6) is 1.74. The van der Waals surface area contributed by atoms with E-state index in [1.54, 1.807) is 0 Å². The molecule has 0 fully saturated rings. The molecule has 1 aliphatic heterocycles. The van der Waals surface area contributed by atoms with Crippen LogP contribution in [0, 0.1) is 6.92 Å². The molecule has 1 heterocycles. The van der Waals surface area contributed by atoms with Gasteiger partial charge in [-0.25, -0.2) is 0 Å². The highest BCUT2D eigenvalue weighted by Crippen LogP contribution is 2.28. The van der Waals surface area contributed by atoms with Gasteiger partial charge >= 0.3 is 0 Å². The Balaban J connectivity index is 2.07. The number of ether oxygens (including phenoxy) is 1. The molecule has 2 aromatic rings. The molecule has 0 bridgehead atoms. The van der Waals surface area contributed by atoms with E-state index < -0.39 is 0 Å². The Morgan fingerprint density at radius 1 is 1.05 bits per heavy atom. The van der Waals surface area contributed by atoms with Crippen molar-refractivity contribution in [2.45, 2.75) is 33.1 Å². The zero-order valence-corrected chi connectivity index (χ0v) is 12.4. The summed E-state index contributed by atoms with van der Waals surface area (Å²) in [5.41, 5.74) is 11.5. The largest absolute Gasteiger partial charge is 0.458 e. The van der Waals surface area contributed by atoms with Crippen LogP contribution in [0.25, 0.3) is 0 Å². The van der Waals surface area contributed by atoms with E-state index in [9.17, 15) is 0 Å². The Kier molecular flexibility index (Phi) is 2.82. The second kappa shape index (κ2) is 4.30. The summed E-state index contributed by atoms with van der Waals surface area (Å²) >= 11 is 0. The number of hydrogen-bond donors (Lipinski definition) is 1. The molecule has 0 aliphatic carbocycles. The van der Waals surface area contributed by atoms with Crippen molar-refractivity contribution in [3.05, 3.63) is 41.5 Å². The Morgan fingerprint density at radius 2 is 1.80 bits per heavy atom. The van der Waals surface area contributed by atoms with E-state index in [1.165, 1.54) is 5.56 Å². The van der Waals surface area contributed by atoms with Crippen molar-refractivity contribution in [1.82, 2.24) is 0 Å². The number of fused-ring (bicyclic) bond motifs is 2. The van der Waals surface area contributed by atoms with Crippen molar-refractivity contribution >= 4 is 23.9 Å². The van der Waals surface area contributed by atoms with Crippen molar-refractivity contribution in [3.63, 3.8) is 0 Å². The van der Waals surface area contributed by atoms with E-state index in [2.05, 4.69) is 40.2 Å². The fourth-order valence-corrected chi connectivity index (χ4v) is 2.53. The second-order valence-corrected chi connectivity index (χ2v) is 6.51. The van der Waals surface area contributed by atoms with Gasteiger partial charge < -0.3 is 10.5 Å². The molecule has 1 aliphatic rings. The van der Waals surface area contributed by atoms with Crippen LogP contribution in [0.2, 0.25) is 0 Å².